The summed E-state index contributed by atoms with van der Waals surface area (Å²) in [4.78, 5) is 29.4. The third kappa shape index (κ3) is 5.27. The molecule has 1 aromatic heterocycles. The lowest BCUT2D eigenvalue weighted by Crippen LogP contribution is -2.23. The van der Waals surface area contributed by atoms with Crippen molar-refractivity contribution in [2.24, 2.45) is 5.10 Å². The molecule has 0 radical (unpaired) electrons. The molecule has 1 heterocycles. The van der Waals surface area contributed by atoms with Gasteiger partial charge in [0.2, 0.25) is 0 Å². The smallest absolute Gasteiger partial charge is 0.308 e. The van der Waals surface area contributed by atoms with E-state index in [4.69, 9.17) is 14.5 Å². The maximum atomic E-state index is 13.3. The Morgan fingerprint density at radius 1 is 1.25 bits per heavy atom. The van der Waals surface area contributed by atoms with Crippen LogP contribution in [0.4, 0.5) is 0 Å². The maximum Gasteiger partial charge on any atom is 0.308 e. The van der Waals surface area contributed by atoms with Gasteiger partial charge in [0.15, 0.2) is 11.5 Å². The van der Waals surface area contributed by atoms with E-state index in [1.807, 2.05) is 32.9 Å². The first-order valence-corrected chi connectivity index (χ1v) is 11.7. The second kappa shape index (κ2) is 10.4. The lowest BCUT2D eigenvalue weighted by Gasteiger charge is -2.14. The summed E-state index contributed by atoms with van der Waals surface area (Å²) in [5.41, 5.74) is 1.04. The number of nitrogens with zero attached hydrogens (tertiary/aromatic N) is 3. The summed E-state index contributed by atoms with van der Waals surface area (Å²) in [6, 6.07) is 8.87. The number of fused-ring (bicyclic) bond motifs is 1. The van der Waals surface area contributed by atoms with E-state index in [2.05, 4.69) is 37.0 Å². The zero-order chi connectivity index (χ0) is 23.4. The third-order valence-corrected chi connectivity index (χ3v) is 5.87. The van der Waals surface area contributed by atoms with Gasteiger partial charge < -0.3 is 9.47 Å². The van der Waals surface area contributed by atoms with Crippen LogP contribution in [0.1, 0.15) is 51.4 Å². The molecule has 2 aromatic carbocycles. The number of rotatable bonds is 7. The van der Waals surface area contributed by atoms with Gasteiger partial charge in [-0.05, 0) is 65.2 Å². The van der Waals surface area contributed by atoms with Crippen LogP contribution in [0.25, 0.3) is 10.9 Å². The van der Waals surface area contributed by atoms with E-state index < -0.39 is 5.97 Å². The van der Waals surface area contributed by atoms with Crippen LogP contribution >= 0.6 is 31.9 Å². The summed E-state index contributed by atoms with van der Waals surface area (Å²) in [6.07, 6.45) is 2.37. The van der Waals surface area contributed by atoms with Crippen LogP contribution in [0.15, 0.2) is 49.2 Å². The molecule has 0 unspecified atom stereocenters. The predicted octanol–water partition coefficient (Wildman–Crippen LogP) is 5.64. The molecule has 0 amide bonds. The number of carbonyl (C=O) groups excluding carboxylic acids is 1. The highest BCUT2D eigenvalue weighted by atomic mass is 79.9. The van der Waals surface area contributed by atoms with Gasteiger partial charge in [0, 0.05) is 17.3 Å². The molecule has 9 heteroatoms. The van der Waals surface area contributed by atoms with E-state index in [1.54, 1.807) is 24.4 Å². The third-order valence-electron chi connectivity index (χ3n) is 4.79. The van der Waals surface area contributed by atoms with Crippen molar-refractivity contribution in [3.63, 3.8) is 0 Å². The molecule has 0 saturated heterocycles. The fraction of sp³-hybridized carbons (Fsp3) is 0.304. The van der Waals surface area contributed by atoms with Gasteiger partial charge in [-0.3, -0.25) is 9.59 Å². The van der Waals surface area contributed by atoms with Crippen LogP contribution in [-0.4, -0.2) is 28.5 Å². The summed E-state index contributed by atoms with van der Waals surface area (Å²) in [5.74, 6) is 0.861. The summed E-state index contributed by atoms with van der Waals surface area (Å²) in [6.45, 7) is 7.60. The average Bonchev–Trinajstić information content (AvgIpc) is 2.75. The summed E-state index contributed by atoms with van der Waals surface area (Å²) >= 11 is 6.83. The minimum Gasteiger partial charge on any atom is -0.490 e. The van der Waals surface area contributed by atoms with Crippen molar-refractivity contribution in [2.75, 3.05) is 6.61 Å². The molecular weight excluding hydrogens is 542 g/mol. The van der Waals surface area contributed by atoms with Gasteiger partial charge in [0.1, 0.15) is 5.82 Å². The van der Waals surface area contributed by atoms with Crippen molar-refractivity contribution in [3.05, 3.63) is 61.0 Å². The minimum atomic E-state index is -0.453. The van der Waals surface area contributed by atoms with Crippen molar-refractivity contribution in [3.8, 4) is 11.5 Å². The van der Waals surface area contributed by atoms with Gasteiger partial charge in [-0.25, -0.2) is 4.98 Å². The van der Waals surface area contributed by atoms with E-state index in [9.17, 15) is 9.59 Å². The molecule has 0 aliphatic rings. The number of carbonyl (C=O) groups is 1. The molecule has 0 N–H and O–H groups in total. The van der Waals surface area contributed by atoms with E-state index in [1.165, 1.54) is 11.6 Å². The molecule has 168 valence electrons. The Hall–Kier alpha value is -2.52. The molecule has 0 bridgehead atoms. The maximum absolute atomic E-state index is 13.3. The van der Waals surface area contributed by atoms with Crippen molar-refractivity contribution >= 4 is 54.9 Å². The van der Waals surface area contributed by atoms with Gasteiger partial charge in [0.25, 0.3) is 5.56 Å². The molecular formula is C23H23Br2N3O4. The van der Waals surface area contributed by atoms with Gasteiger partial charge >= 0.3 is 5.97 Å². The summed E-state index contributed by atoms with van der Waals surface area (Å²) in [7, 11) is 0. The van der Waals surface area contributed by atoms with Gasteiger partial charge in [-0.2, -0.15) is 9.78 Å². The standard InChI is InChI=1S/C23H23Br2N3O4/c1-5-13(3)22-27-19-8-7-16(24)11-17(19)23(30)28(22)26-12-15-9-18(25)21(32-14(4)29)20(10-15)31-6-2/h7-13H,5-6H2,1-4H3/t13-/m1/s1. The summed E-state index contributed by atoms with van der Waals surface area (Å²) in [5, 5.41) is 4.95. The first kappa shape index (κ1) is 24.1. The molecule has 1 atom stereocenters. The van der Waals surface area contributed by atoms with E-state index in [0.717, 1.165) is 10.9 Å². The zero-order valence-electron chi connectivity index (χ0n) is 18.2. The lowest BCUT2D eigenvalue weighted by molar-refractivity contribution is -0.132. The molecule has 7 nitrogen and oxygen atoms in total. The van der Waals surface area contributed by atoms with Crippen LogP contribution in [0, 0.1) is 0 Å². The second-order valence-electron chi connectivity index (χ2n) is 7.16. The molecule has 32 heavy (non-hydrogen) atoms. The van der Waals surface area contributed by atoms with Crippen LogP contribution < -0.4 is 15.0 Å². The molecule has 0 aliphatic heterocycles. The largest absolute Gasteiger partial charge is 0.490 e. The fourth-order valence-corrected chi connectivity index (χ4v) is 3.97. The Kier molecular flexibility index (Phi) is 7.84. The molecule has 0 spiro atoms. The molecule has 0 saturated carbocycles. The van der Waals surface area contributed by atoms with Gasteiger partial charge in [-0.1, -0.05) is 29.8 Å². The number of hydrogen-bond acceptors (Lipinski definition) is 6. The van der Waals surface area contributed by atoms with Gasteiger partial charge in [0.05, 0.1) is 28.2 Å². The molecule has 3 aromatic rings. The van der Waals surface area contributed by atoms with Crippen molar-refractivity contribution in [1.82, 2.24) is 9.66 Å². The summed E-state index contributed by atoms with van der Waals surface area (Å²) < 4.78 is 13.6. The van der Waals surface area contributed by atoms with E-state index >= 15 is 0 Å². The Labute approximate surface area is 202 Å². The number of hydrogen-bond donors (Lipinski definition) is 0. The van der Waals surface area contributed by atoms with Crippen LogP contribution in [0.3, 0.4) is 0 Å². The van der Waals surface area contributed by atoms with Crippen LogP contribution in [-0.2, 0) is 4.79 Å². The molecule has 0 aliphatic carbocycles. The lowest BCUT2D eigenvalue weighted by atomic mass is 10.1. The second-order valence-corrected chi connectivity index (χ2v) is 8.93. The monoisotopic (exact) mass is 563 g/mol. The highest BCUT2D eigenvalue weighted by molar-refractivity contribution is 9.10. The average molecular weight is 565 g/mol. The number of aromatic nitrogens is 2. The first-order chi connectivity index (χ1) is 15.2. The number of halogens is 2. The molecule has 0 fully saturated rings. The highest BCUT2D eigenvalue weighted by Gasteiger charge is 2.17. The topological polar surface area (TPSA) is 82.8 Å². The highest BCUT2D eigenvalue weighted by Crippen LogP contribution is 2.36. The van der Waals surface area contributed by atoms with E-state index in [0.29, 0.717) is 44.9 Å². The Balaban J connectivity index is 2.14. The normalized spacial score (nSPS) is 12.3. The van der Waals surface area contributed by atoms with Gasteiger partial charge in [-0.15, -0.1) is 0 Å². The minimum absolute atomic E-state index is 0.0324. The number of benzene rings is 2. The SMILES string of the molecule is CCOc1cc(C=Nn2c([C@H](C)CC)nc3ccc(Br)cc3c2=O)cc(Br)c1OC(C)=O. The quantitative estimate of drug-likeness (QED) is 0.211. The predicted molar refractivity (Wildman–Crippen MR) is 132 cm³/mol. The van der Waals surface area contributed by atoms with Crippen molar-refractivity contribution < 1.29 is 14.3 Å². The fourth-order valence-electron chi connectivity index (χ4n) is 3.07. The van der Waals surface area contributed by atoms with Crippen molar-refractivity contribution in [1.29, 1.82) is 0 Å². The number of esters is 1. The Bertz CT molecular complexity index is 1250. The Morgan fingerprint density at radius 3 is 2.66 bits per heavy atom. The zero-order valence-corrected chi connectivity index (χ0v) is 21.4. The van der Waals surface area contributed by atoms with Crippen LogP contribution in [0.2, 0.25) is 0 Å². The van der Waals surface area contributed by atoms with Crippen LogP contribution in [0.5, 0.6) is 11.5 Å². The van der Waals surface area contributed by atoms with E-state index in [-0.39, 0.29) is 11.5 Å². The Morgan fingerprint density at radius 2 is 2.00 bits per heavy atom. The van der Waals surface area contributed by atoms with Crippen molar-refractivity contribution in [2.45, 2.75) is 40.0 Å². The first-order valence-electron chi connectivity index (χ1n) is 10.2. The molecule has 3 rings (SSSR count). The number of ether oxygens (including phenoxy) is 2.